The zero-order valence-corrected chi connectivity index (χ0v) is 24.2. The van der Waals surface area contributed by atoms with Crippen LogP contribution in [0.15, 0.2) is 53.9 Å². The fourth-order valence-electron chi connectivity index (χ4n) is 4.37. The van der Waals surface area contributed by atoms with Crippen molar-refractivity contribution >= 4 is 63.1 Å². The highest BCUT2D eigenvalue weighted by atomic mass is 35.5. The number of rotatable bonds is 9. The highest BCUT2D eigenvalue weighted by Gasteiger charge is 2.23. The summed E-state index contributed by atoms with van der Waals surface area (Å²) in [7, 11) is 0. The largest absolute Gasteiger partial charge is 0.368 e. The van der Waals surface area contributed by atoms with Crippen LogP contribution in [0, 0.1) is 5.92 Å². The molecule has 1 aliphatic rings. The van der Waals surface area contributed by atoms with Crippen LogP contribution in [-0.2, 0) is 16.0 Å². The van der Waals surface area contributed by atoms with Crippen molar-refractivity contribution in [3.8, 4) is 0 Å². The second-order valence-corrected chi connectivity index (χ2v) is 11.5. The van der Waals surface area contributed by atoms with E-state index < -0.39 is 0 Å². The van der Waals surface area contributed by atoms with Crippen LogP contribution in [0.4, 0.5) is 10.8 Å². The van der Waals surface area contributed by atoms with Crippen molar-refractivity contribution in [2.24, 2.45) is 5.92 Å². The van der Waals surface area contributed by atoms with Gasteiger partial charge in [-0.1, -0.05) is 43.1 Å². The molecule has 0 aliphatic carbocycles. The second-order valence-electron chi connectivity index (χ2n) is 9.80. The first kappa shape index (κ1) is 28.9. The van der Waals surface area contributed by atoms with Crippen molar-refractivity contribution in [2.75, 3.05) is 49.5 Å². The zero-order valence-electron chi connectivity index (χ0n) is 21.9. The van der Waals surface area contributed by atoms with Gasteiger partial charge in [-0.2, -0.15) is 0 Å². The summed E-state index contributed by atoms with van der Waals surface area (Å²) in [6.07, 6.45) is 0.165. The van der Waals surface area contributed by atoms with E-state index >= 15 is 0 Å². The maximum Gasteiger partial charge on any atom is 0.254 e. The first-order valence-electron chi connectivity index (χ1n) is 12.8. The number of carbonyl (C=O) groups excluding carboxylic acids is 3. The number of amides is 3. The Hall–Kier alpha value is -3.14. The number of aromatic nitrogens is 1. The predicted octanol–water partition coefficient (Wildman–Crippen LogP) is 5.08. The highest BCUT2D eigenvalue weighted by Crippen LogP contribution is 2.22. The van der Waals surface area contributed by atoms with Crippen LogP contribution in [0.5, 0.6) is 0 Å². The summed E-state index contributed by atoms with van der Waals surface area (Å²) >= 11 is 13.3. The minimum Gasteiger partial charge on any atom is -0.368 e. The molecule has 0 unspecified atom stereocenters. The lowest BCUT2D eigenvalue weighted by Gasteiger charge is -2.36. The fraction of sp³-hybridized carbons (Fsp3) is 0.357. The van der Waals surface area contributed by atoms with Gasteiger partial charge in [-0.15, -0.1) is 11.3 Å². The summed E-state index contributed by atoms with van der Waals surface area (Å²) < 4.78 is 0. The fourth-order valence-corrected chi connectivity index (χ4v) is 5.40. The molecule has 11 heteroatoms. The summed E-state index contributed by atoms with van der Waals surface area (Å²) in [5.41, 5.74) is 2.13. The molecule has 1 aromatic heterocycles. The quantitative estimate of drug-likeness (QED) is 0.377. The summed E-state index contributed by atoms with van der Waals surface area (Å²) in [5, 5.41) is 6.18. The Bertz CT molecular complexity index is 1310. The Balaban J connectivity index is 1.28. The molecule has 1 fully saturated rings. The molecular formula is C28H31Cl2N5O3S. The van der Waals surface area contributed by atoms with Crippen LogP contribution in [-0.4, -0.2) is 71.8 Å². The first-order valence-corrected chi connectivity index (χ1v) is 14.4. The monoisotopic (exact) mass is 587 g/mol. The van der Waals surface area contributed by atoms with Gasteiger partial charge in [0.15, 0.2) is 5.13 Å². The number of benzene rings is 2. The number of piperazine rings is 1. The minimum atomic E-state index is -0.345. The van der Waals surface area contributed by atoms with Gasteiger partial charge in [0.25, 0.3) is 5.91 Å². The molecule has 39 heavy (non-hydrogen) atoms. The number of nitrogens with one attached hydrogen (secondary N) is 1. The normalized spacial score (nSPS) is 13.5. The number of thiazole rings is 1. The van der Waals surface area contributed by atoms with Crippen molar-refractivity contribution in [2.45, 2.75) is 20.3 Å². The smallest absolute Gasteiger partial charge is 0.254 e. The van der Waals surface area contributed by atoms with Crippen molar-refractivity contribution in [3.63, 3.8) is 0 Å². The standard InChI is InChI=1S/C28H31Cl2N5O3S/c1-19(2)16-35(27(38)20-6-8-21(29)9-7-20)17-25(36)32-28-31-23(18-39-28)15-26(37)34-12-10-33(11-13-34)24-5-3-4-22(30)14-24/h3-9,14,18-19H,10-13,15-17H2,1-2H3,(H,31,32,36). The first-order chi connectivity index (χ1) is 18.7. The average molecular weight is 589 g/mol. The van der Waals surface area contributed by atoms with E-state index in [0.717, 1.165) is 18.8 Å². The van der Waals surface area contributed by atoms with E-state index in [1.807, 2.05) is 43.0 Å². The molecule has 0 spiro atoms. The Morgan fingerprint density at radius 2 is 1.74 bits per heavy atom. The van der Waals surface area contributed by atoms with Gasteiger partial charge < -0.3 is 20.0 Å². The SMILES string of the molecule is CC(C)CN(CC(=O)Nc1nc(CC(=O)N2CCN(c3cccc(Cl)c3)CC2)cs1)C(=O)c1ccc(Cl)cc1. The van der Waals surface area contributed by atoms with Crippen molar-refractivity contribution in [1.82, 2.24) is 14.8 Å². The van der Waals surface area contributed by atoms with Crippen LogP contribution >= 0.6 is 34.5 Å². The molecule has 206 valence electrons. The van der Waals surface area contributed by atoms with E-state index in [4.69, 9.17) is 23.2 Å². The van der Waals surface area contributed by atoms with Crippen LogP contribution in [0.2, 0.25) is 10.0 Å². The maximum atomic E-state index is 13.0. The topological polar surface area (TPSA) is 85.8 Å². The van der Waals surface area contributed by atoms with Crippen LogP contribution in [0.3, 0.4) is 0 Å². The number of hydrogen-bond donors (Lipinski definition) is 1. The van der Waals surface area contributed by atoms with Gasteiger partial charge in [0, 0.05) is 59.4 Å². The molecule has 3 aromatic rings. The van der Waals surface area contributed by atoms with Crippen LogP contribution in [0.1, 0.15) is 29.9 Å². The average Bonchev–Trinajstić information content (AvgIpc) is 3.34. The lowest BCUT2D eigenvalue weighted by atomic mass is 10.1. The zero-order chi connectivity index (χ0) is 27.9. The van der Waals surface area contributed by atoms with E-state index in [0.29, 0.717) is 46.1 Å². The summed E-state index contributed by atoms with van der Waals surface area (Å²) in [6.45, 7) is 6.99. The lowest BCUT2D eigenvalue weighted by molar-refractivity contribution is -0.130. The van der Waals surface area contributed by atoms with Gasteiger partial charge in [0.2, 0.25) is 11.8 Å². The Morgan fingerprint density at radius 3 is 2.41 bits per heavy atom. The number of anilines is 2. The third-order valence-corrected chi connectivity index (χ3v) is 7.53. The number of carbonyl (C=O) groups is 3. The van der Waals surface area contributed by atoms with Crippen LogP contribution in [0.25, 0.3) is 0 Å². The molecule has 1 N–H and O–H groups in total. The van der Waals surface area contributed by atoms with Gasteiger partial charge in [-0.3, -0.25) is 14.4 Å². The van der Waals surface area contributed by atoms with Gasteiger partial charge in [-0.05, 0) is 48.4 Å². The number of halogens is 2. The maximum absolute atomic E-state index is 13.0. The molecule has 1 saturated heterocycles. The molecule has 4 rings (SSSR count). The molecule has 8 nitrogen and oxygen atoms in total. The van der Waals surface area contributed by atoms with E-state index in [1.165, 1.54) is 16.2 Å². The van der Waals surface area contributed by atoms with Crippen molar-refractivity contribution < 1.29 is 14.4 Å². The highest BCUT2D eigenvalue weighted by molar-refractivity contribution is 7.13. The van der Waals surface area contributed by atoms with Gasteiger partial charge in [0.05, 0.1) is 12.1 Å². The Kier molecular flexibility index (Phi) is 9.83. The summed E-state index contributed by atoms with van der Waals surface area (Å²) in [6, 6.07) is 14.3. The molecule has 3 amide bonds. The molecule has 0 atom stereocenters. The molecule has 0 radical (unpaired) electrons. The molecular weight excluding hydrogens is 557 g/mol. The number of hydrogen-bond acceptors (Lipinski definition) is 6. The summed E-state index contributed by atoms with van der Waals surface area (Å²) in [4.78, 5) is 48.7. The Labute approximate surface area is 242 Å². The molecule has 0 bridgehead atoms. The van der Waals surface area contributed by atoms with Gasteiger partial charge >= 0.3 is 0 Å². The molecule has 0 saturated carbocycles. The van der Waals surface area contributed by atoms with E-state index in [-0.39, 0.29) is 36.6 Å². The van der Waals surface area contributed by atoms with Crippen molar-refractivity contribution in [3.05, 3.63) is 75.2 Å². The van der Waals surface area contributed by atoms with Crippen LogP contribution < -0.4 is 10.2 Å². The summed E-state index contributed by atoms with van der Waals surface area (Å²) in [5.74, 6) is -0.404. The predicted molar refractivity (Wildman–Crippen MR) is 157 cm³/mol. The molecule has 1 aliphatic heterocycles. The third kappa shape index (κ3) is 8.17. The van der Waals surface area contributed by atoms with Gasteiger partial charge in [-0.25, -0.2) is 4.98 Å². The lowest BCUT2D eigenvalue weighted by Crippen LogP contribution is -2.49. The minimum absolute atomic E-state index is 0.000547. The van der Waals surface area contributed by atoms with E-state index in [9.17, 15) is 14.4 Å². The number of nitrogens with zero attached hydrogens (tertiary/aromatic N) is 4. The van der Waals surface area contributed by atoms with Gasteiger partial charge in [0.1, 0.15) is 6.54 Å². The van der Waals surface area contributed by atoms with Crippen molar-refractivity contribution in [1.29, 1.82) is 0 Å². The second kappa shape index (κ2) is 13.3. The molecule has 2 aromatic carbocycles. The van der Waals surface area contributed by atoms with E-state index in [1.54, 1.807) is 29.6 Å². The third-order valence-electron chi connectivity index (χ3n) is 6.23. The molecule has 2 heterocycles. The Morgan fingerprint density at radius 1 is 1.03 bits per heavy atom. The van der Waals surface area contributed by atoms with E-state index in [2.05, 4.69) is 15.2 Å².